The van der Waals surface area contributed by atoms with E-state index in [1.54, 1.807) is 13.0 Å². The van der Waals surface area contributed by atoms with Crippen LogP contribution in [0.1, 0.15) is 40.5 Å². The fourth-order valence-electron chi connectivity index (χ4n) is 1.98. The predicted octanol–water partition coefficient (Wildman–Crippen LogP) is 2.53. The van der Waals surface area contributed by atoms with Gasteiger partial charge < -0.3 is 4.79 Å². The molecule has 0 aromatic rings. The van der Waals surface area contributed by atoms with Crippen molar-refractivity contribution in [1.29, 1.82) is 0 Å². The van der Waals surface area contributed by atoms with Gasteiger partial charge in [-0.2, -0.15) is 0 Å². The summed E-state index contributed by atoms with van der Waals surface area (Å²) in [6.45, 7) is 7.72. The zero-order chi connectivity index (χ0) is 10.9. The number of hydrogen-bond acceptors (Lipinski definition) is 2. The molecule has 1 atom stereocenters. The predicted molar refractivity (Wildman–Crippen MR) is 56.0 cm³/mol. The van der Waals surface area contributed by atoms with Gasteiger partial charge in [0.1, 0.15) is 5.78 Å². The van der Waals surface area contributed by atoms with Crippen molar-refractivity contribution in [1.82, 2.24) is 0 Å². The van der Waals surface area contributed by atoms with Crippen LogP contribution in [0.5, 0.6) is 0 Å². The van der Waals surface area contributed by atoms with Crippen molar-refractivity contribution in [3.8, 4) is 0 Å². The molecule has 2 nitrogen and oxygen atoms in total. The van der Waals surface area contributed by atoms with Crippen LogP contribution >= 0.6 is 0 Å². The summed E-state index contributed by atoms with van der Waals surface area (Å²) in [5, 5.41) is 0. The number of hydrogen-bond donors (Lipinski definition) is 0. The van der Waals surface area contributed by atoms with Crippen molar-refractivity contribution in [3.63, 3.8) is 0 Å². The second-order valence-electron chi connectivity index (χ2n) is 4.74. The highest BCUT2D eigenvalue weighted by molar-refractivity contribution is 5.96. The number of carbonyl (C=O) groups is 2. The van der Waals surface area contributed by atoms with Gasteiger partial charge in [0, 0.05) is 12.3 Å². The van der Waals surface area contributed by atoms with Crippen LogP contribution in [-0.2, 0) is 9.59 Å². The zero-order valence-electron chi connectivity index (χ0n) is 9.39. The van der Waals surface area contributed by atoms with E-state index >= 15 is 0 Å². The fourth-order valence-corrected chi connectivity index (χ4v) is 1.98. The molecule has 1 aliphatic rings. The molecule has 0 radical (unpaired) electrons. The summed E-state index contributed by atoms with van der Waals surface area (Å²) in [6, 6.07) is 0. The average molecular weight is 194 g/mol. The van der Waals surface area contributed by atoms with Crippen molar-refractivity contribution in [2.24, 2.45) is 11.3 Å². The Morgan fingerprint density at radius 1 is 1.50 bits per heavy atom. The van der Waals surface area contributed by atoms with E-state index in [2.05, 4.69) is 13.8 Å². The summed E-state index contributed by atoms with van der Waals surface area (Å²) < 4.78 is 0. The lowest BCUT2D eigenvalue weighted by atomic mass is 9.75. The van der Waals surface area contributed by atoms with Gasteiger partial charge in [0.15, 0.2) is 5.78 Å². The number of Topliss-reactive ketones (excluding diaryl/α,β-unsaturated/α-hetero) is 1. The van der Waals surface area contributed by atoms with Crippen LogP contribution in [0.2, 0.25) is 0 Å². The van der Waals surface area contributed by atoms with Crippen LogP contribution in [0.3, 0.4) is 0 Å². The van der Waals surface area contributed by atoms with E-state index in [1.165, 1.54) is 0 Å². The topological polar surface area (TPSA) is 34.1 Å². The van der Waals surface area contributed by atoms with Crippen LogP contribution in [0, 0.1) is 11.3 Å². The highest BCUT2D eigenvalue weighted by atomic mass is 16.1. The highest BCUT2D eigenvalue weighted by Crippen LogP contribution is 2.43. The molecule has 0 bridgehead atoms. The van der Waals surface area contributed by atoms with Gasteiger partial charge in [-0.25, -0.2) is 0 Å². The van der Waals surface area contributed by atoms with Gasteiger partial charge in [-0.15, -0.1) is 0 Å². The number of carbonyl (C=O) groups excluding carboxylic acids is 2. The van der Waals surface area contributed by atoms with E-state index in [4.69, 9.17) is 0 Å². The van der Waals surface area contributed by atoms with Crippen molar-refractivity contribution in [2.45, 2.75) is 40.5 Å². The molecular weight excluding hydrogens is 176 g/mol. The molecule has 0 aromatic heterocycles. The first-order valence-electron chi connectivity index (χ1n) is 5.07. The summed E-state index contributed by atoms with van der Waals surface area (Å²) in [6.07, 6.45) is 2.93. The molecule has 0 amide bonds. The summed E-state index contributed by atoms with van der Waals surface area (Å²) in [4.78, 5) is 22.5. The minimum absolute atomic E-state index is 0.00593. The first-order valence-corrected chi connectivity index (χ1v) is 5.07. The van der Waals surface area contributed by atoms with Gasteiger partial charge in [0.05, 0.1) is 0 Å². The molecule has 1 rings (SSSR count). The molecule has 1 unspecified atom stereocenters. The monoisotopic (exact) mass is 194 g/mol. The van der Waals surface area contributed by atoms with Crippen LogP contribution in [0.25, 0.3) is 0 Å². The molecule has 0 saturated carbocycles. The third-order valence-corrected chi connectivity index (χ3v) is 3.37. The van der Waals surface area contributed by atoms with Crippen LogP contribution < -0.4 is 0 Å². The average Bonchev–Trinajstić information content (AvgIpc) is 2.20. The normalized spacial score (nSPS) is 25.0. The lowest BCUT2D eigenvalue weighted by molar-refractivity contribution is -0.120. The Morgan fingerprint density at radius 2 is 2.07 bits per heavy atom. The van der Waals surface area contributed by atoms with E-state index in [0.29, 0.717) is 12.8 Å². The quantitative estimate of drug-likeness (QED) is 0.691. The fraction of sp³-hybridized carbons (Fsp3) is 0.667. The van der Waals surface area contributed by atoms with Gasteiger partial charge in [-0.1, -0.05) is 19.4 Å². The van der Waals surface area contributed by atoms with Gasteiger partial charge in [-0.05, 0) is 31.8 Å². The molecule has 0 saturated heterocycles. The summed E-state index contributed by atoms with van der Waals surface area (Å²) in [7, 11) is 0. The minimum atomic E-state index is -0.0630. The third kappa shape index (κ3) is 1.94. The maximum Gasteiger partial charge on any atom is 0.159 e. The molecule has 1 aliphatic carbocycles. The molecule has 0 fully saturated rings. The number of rotatable bonds is 3. The van der Waals surface area contributed by atoms with Crippen molar-refractivity contribution < 1.29 is 9.59 Å². The number of allylic oxidation sites excluding steroid dienone is 2. The van der Waals surface area contributed by atoms with Crippen molar-refractivity contribution in [3.05, 3.63) is 11.6 Å². The molecule has 78 valence electrons. The lowest BCUT2D eigenvalue weighted by Crippen LogP contribution is -2.25. The number of ketones is 2. The molecule has 0 spiro atoms. The molecule has 0 heterocycles. The Bertz CT molecular complexity index is 297. The van der Waals surface area contributed by atoms with Crippen molar-refractivity contribution >= 4 is 11.6 Å². The highest BCUT2D eigenvalue weighted by Gasteiger charge is 2.40. The lowest BCUT2D eigenvalue weighted by Gasteiger charge is -2.27. The van der Waals surface area contributed by atoms with Crippen LogP contribution in [0.15, 0.2) is 11.6 Å². The standard InChI is InChI=1S/C12H18O2/c1-8-7-11(14)10(12(8,3)4)6-5-9(2)13/h7,10H,5-6H2,1-4H3. The second-order valence-corrected chi connectivity index (χ2v) is 4.74. The van der Waals surface area contributed by atoms with Gasteiger partial charge in [0.2, 0.25) is 0 Å². The first-order chi connectivity index (χ1) is 6.35. The molecule has 0 aromatic carbocycles. The zero-order valence-corrected chi connectivity index (χ0v) is 9.39. The Morgan fingerprint density at radius 3 is 2.43 bits per heavy atom. The second kappa shape index (κ2) is 3.68. The van der Waals surface area contributed by atoms with E-state index in [9.17, 15) is 9.59 Å². The Kier molecular flexibility index (Phi) is 2.93. The maximum absolute atomic E-state index is 11.6. The Hall–Kier alpha value is -0.920. The molecule has 14 heavy (non-hydrogen) atoms. The maximum atomic E-state index is 11.6. The SMILES string of the molecule is CC(=O)CCC1C(=O)C=C(C)C1(C)C. The van der Waals surface area contributed by atoms with E-state index < -0.39 is 0 Å². The Balaban J connectivity index is 2.71. The first kappa shape index (κ1) is 11.2. The molecule has 0 N–H and O–H groups in total. The van der Waals surface area contributed by atoms with Gasteiger partial charge in [-0.3, -0.25) is 4.79 Å². The van der Waals surface area contributed by atoms with E-state index in [0.717, 1.165) is 5.57 Å². The van der Waals surface area contributed by atoms with Gasteiger partial charge in [0.25, 0.3) is 0 Å². The summed E-state index contributed by atoms with van der Waals surface area (Å²) in [5.74, 6) is 0.360. The molecule has 2 heteroatoms. The van der Waals surface area contributed by atoms with Crippen LogP contribution in [-0.4, -0.2) is 11.6 Å². The third-order valence-electron chi connectivity index (χ3n) is 3.37. The largest absolute Gasteiger partial charge is 0.300 e. The molecular formula is C12H18O2. The van der Waals surface area contributed by atoms with E-state index in [1.807, 2.05) is 6.92 Å². The summed E-state index contributed by atoms with van der Waals surface area (Å²) >= 11 is 0. The van der Waals surface area contributed by atoms with Crippen molar-refractivity contribution in [2.75, 3.05) is 0 Å². The molecule has 0 aliphatic heterocycles. The minimum Gasteiger partial charge on any atom is -0.300 e. The van der Waals surface area contributed by atoms with Crippen LogP contribution in [0.4, 0.5) is 0 Å². The smallest absolute Gasteiger partial charge is 0.159 e. The summed E-state index contributed by atoms with van der Waals surface area (Å²) in [5.41, 5.74) is 1.07. The van der Waals surface area contributed by atoms with Gasteiger partial charge >= 0.3 is 0 Å². The Labute approximate surface area is 85.4 Å². The van der Waals surface area contributed by atoms with E-state index in [-0.39, 0.29) is 22.9 Å².